The van der Waals surface area contributed by atoms with Crippen LogP contribution in [0.3, 0.4) is 0 Å². The lowest BCUT2D eigenvalue weighted by atomic mass is 9.97. The average Bonchev–Trinajstić information content (AvgIpc) is 2.78. The lowest BCUT2D eigenvalue weighted by Crippen LogP contribution is -2.31. The van der Waals surface area contributed by atoms with Crippen molar-refractivity contribution in [3.05, 3.63) is 71.4 Å². The van der Waals surface area contributed by atoms with Gasteiger partial charge in [0.05, 0.1) is 25.0 Å². The summed E-state index contributed by atoms with van der Waals surface area (Å²) in [6.07, 6.45) is 0. The number of ether oxygens (including phenoxy) is 2. The molecule has 2 aromatic rings. The van der Waals surface area contributed by atoms with Gasteiger partial charge in [-0.05, 0) is 43.7 Å². The number of carbonyl (C=O) groups is 2. The fourth-order valence-electron chi connectivity index (χ4n) is 3.08. The quantitative estimate of drug-likeness (QED) is 0.636. The Morgan fingerprint density at radius 3 is 2.48 bits per heavy atom. The number of anilines is 1. The molecule has 1 aliphatic heterocycles. The molecule has 0 fully saturated rings. The number of amidine groups is 1. The van der Waals surface area contributed by atoms with Gasteiger partial charge in [0.25, 0.3) is 0 Å². The summed E-state index contributed by atoms with van der Waals surface area (Å²) in [4.78, 5) is 29.6. The van der Waals surface area contributed by atoms with Crippen LogP contribution in [0.1, 0.15) is 25.5 Å². The van der Waals surface area contributed by atoms with E-state index in [1.165, 1.54) is 11.8 Å². The molecule has 1 heterocycles. The Hall–Kier alpha value is -3.26. The molecule has 8 heteroatoms. The van der Waals surface area contributed by atoms with Gasteiger partial charge in [0.2, 0.25) is 5.91 Å². The van der Waals surface area contributed by atoms with Crippen molar-refractivity contribution in [1.29, 1.82) is 0 Å². The van der Waals surface area contributed by atoms with E-state index in [1.807, 2.05) is 37.3 Å². The van der Waals surface area contributed by atoms with Crippen LogP contribution in [0.15, 0.2) is 70.9 Å². The molecule has 7 nitrogen and oxygen atoms in total. The minimum absolute atomic E-state index is 0.159. The van der Waals surface area contributed by atoms with E-state index in [0.29, 0.717) is 22.1 Å². The summed E-state index contributed by atoms with van der Waals surface area (Å²) in [5.41, 5.74) is 2.71. The molecule has 0 saturated heterocycles. The topological polar surface area (TPSA) is 89.0 Å². The summed E-state index contributed by atoms with van der Waals surface area (Å²) < 4.78 is 10.4. The predicted molar refractivity (Wildman–Crippen MR) is 123 cm³/mol. The lowest BCUT2D eigenvalue weighted by molar-refractivity contribution is -0.139. The first-order chi connectivity index (χ1) is 15.0. The average molecular weight is 440 g/mol. The molecule has 0 bridgehead atoms. The molecule has 2 aromatic carbocycles. The number of nitrogens with one attached hydrogen (secondary N) is 2. The zero-order valence-corrected chi connectivity index (χ0v) is 18.5. The number of benzene rings is 2. The number of aliphatic imine (C=N–C) groups is 1. The zero-order valence-electron chi connectivity index (χ0n) is 17.7. The Morgan fingerprint density at radius 2 is 1.84 bits per heavy atom. The van der Waals surface area contributed by atoms with Gasteiger partial charge in [-0.15, -0.1) is 0 Å². The smallest absolute Gasteiger partial charge is 0.338 e. The van der Waals surface area contributed by atoms with E-state index in [0.717, 1.165) is 11.3 Å². The fraction of sp³-hybridized carbons (Fsp3) is 0.261. The summed E-state index contributed by atoms with van der Waals surface area (Å²) in [6, 6.07) is 16.2. The summed E-state index contributed by atoms with van der Waals surface area (Å²) in [6.45, 7) is 3.87. The molecule has 1 atom stereocenters. The van der Waals surface area contributed by atoms with Gasteiger partial charge < -0.3 is 20.1 Å². The van der Waals surface area contributed by atoms with Gasteiger partial charge in [0, 0.05) is 11.4 Å². The first kappa shape index (κ1) is 22.4. The summed E-state index contributed by atoms with van der Waals surface area (Å²) in [5, 5.41) is 6.55. The van der Waals surface area contributed by atoms with Crippen LogP contribution in [0.2, 0.25) is 0 Å². The molecular weight excluding hydrogens is 414 g/mol. The Balaban J connectivity index is 1.71. The van der Waals surface area contributed by atoms with Gasteiger partial charge in [-0.25, -0.2) is 9.79 Å². The third-order valence-corrected chi connectivity index (χ3v) is 5.43. The molecule has 0 radical (unpaired) electrons. The first-order valence-electron chi connectivity index (χ1n) is 9.86. The van der Waals surface area contributed by atoms with Crippen LogP contribution in [-0.2, 0) is 14.3 Å². The first-order valence-corrected chi connectivity index (χ1v) is 10.8. The van der Waals surface area contributed by atoms with Gasteiger partial charge in [-0.3, -0.25) is 4.79 Å². The molecule has 162 valence electrons. The van der Waals surface area contributed by atoms with E-state index in [9.17, 15) is 9.59 Å². The molecule has 0 spiro atoms. The minimum atomic E-state index is -0.492. The van der Waals surface area contributed by atoms with E-state index >= 15 is 0 Å². The maximum atomic E-state index is 12.5. The minimum Gasteiger partial charge on any atom is -0.497 e. The van der Waals surface area contributed by atoms with Crippen molar-refractivity contribution in [2.45, 2.75) is 19.9 Å². The number of hydrogen-bond donors (Lipinski definition) is 2. The van der Waals surface area contributed by atoms with Crippen LogP contribution in [0.4, 0.5) is 5.69 Å². The normalized spacial score (nSPS) is 15.6. The highest BCUT2D eigenvalue weighted by Gasteiger charge is 2.30. The van der Waals surface area contributed by atoms with Crippen molar-refractivity contribution in [2.75, 3.05) is 24.8 Å². The molecule has 3 rings (SSSR count). The highest BCUT2D eigenvalue weighted by atomic mass is 32.2. The van der Waals surface area contributed by atoms with E-state index in [2.05, 4.69) is 10.6 Å². The van der Waals surface area contributed by atoms with Gasteiger partial charge in [-0.1, -0.05) is 42.1 Å². The number of nitrogens with zero attached hydrogens (tertiary/aromatic N) is 1. The third-order valence-electron chi connectivity index (χ3n) is 4.54. The number of esters is 1. The van der Waals surface area contributed by atoms with Gasteiger partial charge in [0.1, 0.15) is 11.8 Å². The van der Waals surface area contributed by atoms with E-state index in [4.69, 9.17) is 14.5 Å². The van der Waals surface area contributed by atoms with E-state index < -0.39 is 12.0 Å². The van der Waals surface area contributed by atoms with Crippen molar-refractivity contribution in [3.8, 4) is 5.75 Å². The Morgan fingerprint density at radius 1 is 1.13 bits per heavy atom. The largest absolute Gasteiger partial charge is 0.497 e. The standard InChI is InChI=1S/C23H25N3O4S/c1-4-30-22(28)20-15(2)24-23(26-21(20)16-8-6-5-7-9-16)31-14-19(27)25-17-10-12-18(29-3)13-11-17/h5-13,21H,4,14H2,1-3H3,(H,24,26)(H,25,27)/t21-/m0/s1. The van der Waals surface area contributed by atoms with Gasteiger partial charge >= 0.3 is 5.97 Å². The molecule has 0 unspecified atom stereocenters. The van der Waals surface area contributed by atoms with Gasteiger partial charge in [0.15, 0.2) is 5.17 Å². The van der Waals surface area contributed by atoms with Crippen molar-refractivity contribution >= 4 is 34.5 Å². The van der Waals surface area contributed by atoms with E-state index in [1.54, 1.807) is 38.3 Å². The van der Waals surface area contributed by atoms with Crippen LogP contribution in [0, 0.1) is 0 Å². The fourth-order valence-corrected chi connectivity index (χ4v) is 3.82. The lowest BCUT2D eigenvalue weighted by Gasteiger charge is -2.25. The monoisotopic (exact) mass is 439 g/mol. The summed E-state index contributed by atoms with van der Waals surface area (Å²) in [7, 11) is 1.59. The highest BCUT2D eigenvalue weighted by molar-refractivity contribution is 8.14. The van der Waals surface area contributed by atoms with Crippen molar-refractivity contribution in [3.63, 3.8) is 0 Å². The second-order valence-corrected chi connectivity index (χ2v) is 7.66. The van der Waals surface area contributed by atoms with Crippen molar-refractivity contribution in [1.82, 2.24) is 5.32 Å². The van der Waals surface area contributed by atoms with E-state index in [-0.39, 0.29) is 18.3 Å². The zero-order chi connectivity index (χ0) is 22.2. The Kier molecular flexibility index (Phi) is 7.72. The predicted octanol–water partition coefficient (Wildman–Crippen LogP) is 3.90. The highest BCUT2D eigenvalue weighted by Crippen LogP contribution is 2.32. The maximum absolute atomic E-state index is 12.5. The molecule has 2 N–H and O–H groups in total. The van der Waals surface area contributed by atoms with Crippen LogP contribution >= 0.6 is 11.8 Å². The SMILES string of the molecule is CCOC(=O)C1=C(C)NC(SCC(=O)Nc2ccc(OC)cc2)=N[C@H]1c1ccccc1. The summed E-state index contributed by atoms with van der Waals surface area (Å²) in [5.74, 6) is 0.335. The van der Waals surface area contributed by atoms with Crippen LogP contribution < -0.4 is 15.4 Å². The van der Waals surface area contributed by atoms with Crippen molar-refractivity contribution < 1.29 is 19.1 Å². The number of rotatable bonds is 7. The number of amides is 1. The molecule has 1 amide bonds. The molecule has 0 saturated carbocycles. The molecule has 1 aliphatic rings. The number of hydrogen-bond acceptors (Lipinski definition) is 7. The van der Waals surface area contributed by atoms with Gasteiger partial charge in [-0.2, -0.15) is 0 Å². The Bertz CT molecular complexity index is 988. The summed E-state index contributed by atoms with van der Waals surface area (Å²) >= 11 is 1.28. The second kappa shape index (κ2) is 10.7. The number of allylic oxidation sites excluding steroid dienone is 1. The number of methoxy groups -OCH3 is 1. The van der Waals surface area contributed by atoms with Crippen LogP contribution in [-0.4, -0.2) is 36.5 Å². The van der Waals surface area contributed by atoms with Crippen molar-refractivity contribution in [2.24, 2.45) is 4.99 Å². The second-order valence-electron chi connectivity index (χ2n) is 6.70. The molecular formula is C23H25N3O4S. The molecule has 0 aliphatic carbocycles. The Labute approximate surface area is 185 Å². The molecule has 31 heavy (non-hydrogen) atoms. The van der Waals surface area contributed by atoms with Crippen LogP contribution in [0.5, 0.6) is 5.75 Å². The number of thioether (sulfide) groups is 1. The number of carbonyl (C=O) groups excluding carboxylic acids is 2. The maximum Gasteiger partial charge on any atom is 0.338 e. The third kappa shape index (κ3) is 5.88. The van der Waals surface area contributed by atoms with Crippen LogP contribution in [0.25, 0.3) is 0 Å². The molecule has 0 aromatic heterocycles.